The molecular weight excluding hydrogens is 380 g/mol. The van der Waals surface area contributed by atoms with Crippen molar-refractivity contribution in [1.82, 2.24) is 9.80 Å². The van der Waals surface area contributed by atoms with Crippen LogP contribution in [0.15, 0.2) is 84.9 Å². The second kappa shape index (κ2) is 9.25. The average Bonchev–Trinajstić information content (AvgIpc) is 2.77. The fourth-order valence-corrected chi connectivity index (χ4v) is 4.13. The molecule has 0 aliphatic carbocycles. The standard InChI is InChI=1S/C25H25ClN2O/c26-23-13-11-22(12-14-23)25(21-9-5-2-6-10-21)28-17-15-27(16-18-28)24(29)19-20-7-3-1-4-8-20/h1-14,25H,15-19H2/t25-/m0/s1. The summed E-state index contributed by atoms with van der Waals surface area (Å²) in [6.07, 6.45) is 0.472. The van der Waals surface area contributed by atoms with E-state index in [2.05, 4.69) is 41.3 Å². The molecule has 29 heavy (non-hydrogen) atoms. The summed E-state index contributed by atoms with van der Waals surface area (Å²) in [7, 11) is 0. The highest BCUT2D eigenvalue weighted by Gasteiger charge is 2.28. The Hall–Kier alpha value is -2.62. The normalized spacial score (nSPS) is 15.8. The number of nitrogens with zero attached hydrogens (tertiary/aromatic N) is 2. The van der Waals surface area contributed by atoms with Crippen molar-refractivity contribution in [1.29, 1.82) is 0 Å². The molecule has 0 bridgehead atoms. The van der Waals surface area contributed by atoms with Crippen LogP contribution in [0.2, 0.25) is 5.02 Å². The Kier molecular flexibility index (Phi) is 6.28. The van der Waals surface area contributed by atoms with Crippen molar-refractivity contribution in [2.75, 3.05) is 26.2 Å². The molecule has 4 heteroatoms. The van der Waals surface area contributed by atoms with Gasteiger partial charge in [0.1, 0.15) is 0 Å². The fourth-order valence-electron chi connectivity index (χ4n) is 4.01. The van der Waals surface area contributed by atoms with Crippen LogP contribution < -0.4 is 0 Å². The summed E-state index contributed by atoms with van der Waals surface area (Å²) in [5.74, 6) is 0.207. The van der Waals surface area contributed by atoms with E-state index >= 15 is 0 Å². The maximum Gasteiger partial charge on any atom is 0.227 e. The highest BCUT2D eigenvalue weighted by atomic mass is 35.5. The molecule has 1 aliphatic rings. The Morgan fingerprint density at radius 2 is 1.31 bits per heavy atom. The van der Waals surface area contributed by atoms with Gasteiger partial charge in [-0.25, -0.2) is 0 Å². The molecule has 3 aromatic carbocycles. The fraction of sp³-hybridized carbons (Fsp3) is 0.240. The van der Waals surface area contributed by atoms with Crippen molar-refractivity contribution in [2.24, 2.45) is 0 Å². The molecule has 1 aliphatic heterocycles. The second-order valence-electron chi connectivity index (χ2n) is 7.44. The summed E-state index contributed by atoms with van der Waals surface area (Å²) in [5, 5.41) is 0.747. The number of benzene rings is 3. The third-order valence-electron chi connectivity index (χ3n) is 5.53. The first-order valence-corrected chi connectivity index (χ1v) is 10.4. The molecular formula is C25H25ClN2O. The number of hydrogen-bond acceptors (Lipinski definition) is 2. The van der Waals surface area contributed by atoms with Crippen molar-refractivity contribution in [2.45, 2.75) is 12.5 Å². The van der Waals surface area contributed by atoms with Gasteiger partial charge in [-0.05, 0) is 28.8 Å². The van der Waals surface area contributed by atoms with Crippen LogP contribution in [-0.4, -0.2) is 41.9 Å². The maximum atomic E-state index is 12.7. The molecule has 148 valence electrons. The number of carbonyl (C=O) groups excluding carboxylic acids is 1. The van der Waals surface area contributed by atoms with E-state index in [0.717, 1.165) is 36.8 Å². The van der Waals surface area contributed by atoms with Crippen LogP contribution in [0, 0.1) is 0 Å². The largest absolute Gasteiger partial charge is 0.340 e. The van der Waals surface area contributed by atoms with Gasteiger partial charge >= 0.3 is 0 Å². The minimum absolute atomic E-state index is 0.167. The zero-order chi connectivity index (χ0) is 20.1. The van der Waals surface area contributed by atoms with Gasteiger partial charge in [0.15, 0.2) is 0 Å². The van der Waals surface area contributed by atoms with Gasteiger partial charge in [-0.15, -0.1) is 0 Å². The van der Waals surface area contributed by atoms with Gasteiger partial charge in [0, 0.05) is 31.2 Å². The number of amides is 1. The lowest BCUT2D eigenvalue weighted by Gasteiger charge is -2.40. The number of halogens is 1. The van der Waals surface area contributed by atoms with Gasteiger partial charge in [0.05, 0.1) is 12.5 Å². The molecule has 4 rings (SSSR count). The highest BCUT2D eigenvalue weighted by Crippen LogP contribution is 2.30. The number of rotatable bonds is 5. The predicted molar refractivity (Wildman–Crippen MR) is 118 cm³/mol. The van der Waals surface area contributed by atoms with Gasteiger partial charge < -0.3 is 4.90 Å². The van der Waals surface area contributed by atoms with E-state index in [4.69, 9.17) is 11.6 Å². The summed E-state index contributed by atoms with van der Waals surface area (Å²) in [4.78, 5) is 17.2. The predicted octanol–water partition coefficient (Wildman–Crippen LogP) is 4.82. The average molecular weight is 405 g/mol. The smallest absolute Gasteiger partial charge is 0.227 e. The minimum atomic E-state index is 0.167. The molecule has 0 N–H and O–H groups in total. The molecule has 0 aromatic heterocycles. The van der Waals surface area contributed by atoms with Crippen LogP contribution in [0.3, 0.4) is 0 Å². The Morgan fingerprint density at radius 1 is 0.759 bits per heavy atom. The first-order chi connectivity index (χ1) is 14.2. The van der Waals surface area contributed by atoms with Crippen LogP contribution in [0.4, 0.5) is 0 Å². The molecule has 3 nitrogen and oxygen atoms in total. The van der Waals surface area contributed by atoms with Crippen molar-refractivity contribution in [3.8, 4) is 0 Å². The van der Waals surface area contributed by atoms with Gasteiger partial charge in [-0.3, -0.25) is 9.69 Å². The Labute approximate surface area is 177 Å². The molecule has 0 saturated carbocycles. The van der Waals surface area contributed by atoms with Crippen LogP contribution in [0.5, 0.6) is 0 Å². The molecule has 1 atom stereocenters. The van der Waals surface area contributed by atoms with Crippen molar-refractivity contribution >= 4 is 17.5 Å². The Balaban J connectivity index is 1.47. The summed E-state index contributed by atoms with van der Waals surface area (Å²) in [6.45, 7) is 3.20. The lowest BCUT2D eigenvalue weighted by atomic mass is 9.96. The van der Waals surface area contributed by atoms with E-state index in [0.29, 0.717) is 6.42 Å². The SMILES string of the molecule is O=C(Cc1ccccc1)N1CCN([C@@H](c2ccccc2)c2ccc(Cl)cc2)CC1. The van der Waals surface area contributed by atoms with Gasteiger partial charge in [-0.1, -0.05) is 84.4 Å². The van der Waals surface area contributed by atoms with E-state index < -0.39 is 0 Å². The minimum Gasteiger partial charge on any atom is -0.340 e. The van der Waals surface area contributed by atoms with Crippen LogP contribution in [0.1, 0.15) is 22.7 Å². The summed E-state index contributed by atoms with van der Waals surface area (Å²) in [5.41, 5.74) is 3.56. The summed E-state index contributed by atoms with van der Waals surface area (Å²) >= 11 is 6.11. The first-order valence-electron chi connectivity index (χ1n) is 10.1. The monoisotopic (exact) mass is 404 g/mol. The molecule has 1 fully saturated rings. The van der Waals surface area contributed by atoms with Gasteiger partial charge in [0.2, 0.25) is 5.91 Å². The maximum absolute atomic E-state index is 12.7. The quantitative estimate of drug-likeness (QED) is 0.608. The molecule has 1 heterocycles. The Bertz CT molecular complexity index is 920. The lowest BCUT2D eigenvalue weighted by Crippen LogP contribution is -2.50. The zero-order valence-electron chi connectivity index (χ0n) is 16.4. The summed E-state index contributed by atoms with van der Waals surface area (Å²) in [6, 6.07) is 28.8. The van der Waals surface area contributed by atoms with Crippen molar-refractivity contribution < 1.29 is 4.79 Å². The molecule has 1 amide bonds. The van der Waals surface area contributed by atoms with Gasteiger partial charge in [-0.2, -0.15) is 0 Å². The third-order valence-corrected chi connectivity index (χ3v) is 5.78. The van der Waals surface area contributed by atoms with Crippen LogP contribution >= 0.6 is 11.6 Å². The van der Waals surface area contributed by atoms with Crippen LogP contribution in [0.25, 0.3) is 0 Å². The van der Waals surface area contributed by atoms with Gasteiger partial charge in [0.25, 0.3) is 0 Å². The number of hydrogen-bond donors (Lipinski definition) is 0. The Morgan fingerprint density at radius 3 is 1.93 bits per heavy atom. The second-order valence-corrected chi connectivity index (χ2v) is 7.88. The molecule has 1 saturated heterocycles. The molecule has 3 aromatic rings. The van der Waals surface area contributed by atoms with E-state index in [9.17, 15) is 4.79 Å². The third kappa shape index (κ3) is 4.87. The van der Waals surface area contributed by atoms with E-state index in [1.807, 2.05) is 53.4 Å². The lowest BCUT2D eigenvalue weighted by molar-refractivity contribution is -0.132. The molecule has 0 radical (unpaired) electrons. The van der Waals surface area contributed by atoms with E-state index in [1.165, 1.54) is 11.1 Å². The van der Waals surface area contributed by atoms with E-state index in [-0.39, 0.29) is 11.9 Å². The van der Waals surface area contributed by atoms with Crippen LogP contribution in [-0.2, 0) is 11.2 Å². The molecule has 0 spiro atoms. The zero-order valence-corrected chi connectivity index (χ0v) is 17.1. The summed E-state index contributed by atoms with van der Waals surface area (Å²) < 4.78 is 0. The number of carbonyl (C=O) groups is 1. The topological polar surface area (TPSA) is 23.6 Å². The first kappa shape index (κ1) is 19.7. The highest BCUT2D eigenvalue weighted by molar-refractivity contribution is 6.30. The van der Waals surface area contributed by atoms with Crippen molar-refractivity contribution in [3.63, 3.8) is 0 Å². The number of piperazine rings is 1. The van der Waals surface area contributed by atoms with E-state index in [1.54, 1.807) is 0 Å². The molecule has 0 unspecified atom stereocenters. The van der Waals surface area contributed by atoms with Crippen molar-refractivity contribution in [3.05, 3.63) is 107 Å².